The molecule has 0 saturated heterocycles. The Labute approximate surface area is 120 Å². The molecule has 5 heteroatoms. The van der Waals surface area contributed by atoms with Crippen molar-refractivity contribution in [2.45, 2.75) is 11.5 Å². The molecule has 2 aromatic rings. The second kappa shape index (κ2) is 6.59. The molecule has 0 unspecified atom stereocenters. The highest BCUT2D eigenvalue weighted by molar-refractivity contribution is 7.97. The molecule has 0 aliphatic rings. The molecule has 0 N–H and O–H groups in total. The van der Waals surface area contributed by atoms with Crippen molar-refractivity contribution in [1.29, 1.82) is 0 Å². The molecular weight excluding hydrogens is 282 g/mol. The molecule has 0 spiro atoms. The quantitative estimate of drug-likeness (QED) is 0.594. The van der Waals surface area contributed by atoms with Crippen LogP contribution in [0.4, 0.5) is 5.69 Å². The van der Waals surface area contributed by atoms with E-state index in [2.05, 4.69) is 0 Å². The van der Waals surface area contributed by atoms with Crippen molar-refractivity contribution >= 4 is 29.1 Å². The Hall–Kier alpha value is -1.52. The zero-order valence-electron chi connectivity index (χ0n) is 10.1. The van der Waals surface area contributed by atoms with Crippen molar-refractivity contribution in [3.8, 4) is 0 Å². The van der Waals surface area contributed by atoms with Crippen LogP contribution in [-0.4, -0.2) is 4.92 Å². The number of nitro groups is 1. The third-order valence-electron chi connectivity index (χ3n) is 2.63. The molecule has 0 saturated carbocycles. The first-order valence-electron chi connectivity index (χ1n) is 5.71. The zero-order chi connectivity index (χ0) is 13.7. The number of nitrogens with zero attached hydrogens (tertiary/aromatic N) is 1. The summed E-state index contributed by atoms with van der Waals surface area (Å²) in [5, 5.41) is 11.6. The number of benzene rings is 2. The molecule has 0 fully saturated rings. The van der Waals surface area contributed by atoms with Crippen molar-refractivity contribution in [1.82, 2.24) is 0 Å². The Kier molecular flexibility index (Phi) is 4.82. The van der Waals surface area contributed by atoms with Crippen LogP contribution < -0.4 is 0 Å². The van der Waals surface area contributed by atoms with Crippen LogP contribution >= 0.6 is 23.4 Å². The number of para-hydroxylation sites is 1. The summed E-state index contributed by atoms with van der Waals surface area (Å²) in [4.78, 5) is 10.5. The van der Waals surface area contributed by atoms with Gasteiger partial charge in [0.1, 0.15) is 0 Å². The summed E-state index contributed by atoms with van der Waals surface area (Å²) in [7, 11) is 0. The van der Waals surface area contributed by atoms with Gasteiger partial charge in [-0.15, -0.1) is 0 Å². The molecular formula is C14H12ClNO2S. The summed E-state index contributed by atoms with van der Waals surface area (Å²) in [5.74, 6) is 1.43. The van der Waals surface area contributed by atoms with Crippen LogP contribution in [0.2, 0.25) is 5.02 Å². The zero-order valence-corrected chi connectivity index (χ0v) is 11.7. The van der Waals surface area contributed by atoms with Gasteiger partial charge in [0.25, 0.3) is 5.69 Å². The van der Waals surface area contributed by atoms with Crippen LogP contribution in [0.25, 0.3) is 0 Å². The first-order chi connectivity index (χ1) is 9.16. The van der Waals surface area contributed by atoms with Crippen LogP contribution in [0.5, 0.6) is 0 Å². The summed E-state index contributed by atoms with van der Waals surface area (Å²) in [6.45, 7) is 0. The smallest absolute Gasteiger partial charge is 0.258 e. The standard InChI is InChI=1S/C14H12ClNO2S/c15-13-7-5-11(6-8-13)9-19-10-12-3-1-2-4-14(12)16(17)18/h1-8H,9-10H2. The van der Waals surface area contributed by atoms with Gasteiger partial charge in [-0.3, -0.25) is 10.1 Å². The van der Waals surface area contributed by atoms with Crippen molar-refractivity contribution in [2.75, 3.05) is 0 Å². The maximum atomic E-state index is 10.9. The van der Waals surface area contributed by atoms with Gasteiger partial charge in [-0.25, -0.2) is 0 Å². The Morgan fingerprint density at radius 2 is 1.74 bits per heavy atom. The lowest BCUT2D eigenvalue weighted by molar-refractivity contribution is -0.385. The van der Waals surface area contributed by atoms with Crippen LogP contribution in [0, 0.1) is 10.1 Å². The normalized spacial score (nSPS) is 10.4. The molecule has 2 aromatic carbocycles. The number of nitro benzene ring substituents is 1. The van der Waals surface area contributed by atoms with Crippen LogP contribution in [0.3, 0.4) is 0 Å². The van der Waals surface area contributed by atoms with Crippen molar-refractivity contribution in [2.24, 2.45) is 0 Å². The monoisotopic (exact) mass is 293 g/mol. The molecule has 0 radical (unpaired) electrons. The molecule has 98 valence electrons. The third-order valence-corrected chi connectivity index (χ3v) is 3.93. The minimum absolute atomic E-state index is 0.186. The van der Waals surface area contributed by atoms with Crippen LogP contribution in [-0.2, 0) is 11.5 Å². The van der Waals surface area contributed by atoms with E-state index in [0.717, 1.165) is 16.9 Å². The molecule has 2 rings (SSSR count). The topological polar surface area (TPSA) is 43.1 Å². The Morgan fingerprint density at radius 3 is 2.42 bits per heavy atom. The lowest BCUT2D eigenvalue weighted by Gasteiger charge is -2.03. The maximum Gasteiger partial charge on any atom is 0.273 e. The first-order valence-corrected chi connectivity index (χ1v) is 7.24. The molecule has 0 aromatic heterocycles. The van der Waals surface area contributed by atoms with E-state index in [1.807, 2.05) is 30.3 Å². The Balaban J connectivity index is 1.96. The van der Waals surface area contributed by atoms with Gasteiger partial charge in [-0.05, 0) is 17.7 Å². The average Bonchev–Trinajstić information content (AvgIpc) is 2.41. The Morgan fingerprint density at radius 1 is 1.05 bits per heavy atom. The van der Waals surface area contributed by atoms with Crippen LogP contribution in [0.15, 0.2) is 48.5 Å². The average molecular weight is 294 g/mol. The van der Waals surface area contributed by atoms with Gasteiger partial charge >= 0.3 is 0 Å². The van der Waals surface area contributed by atoms with E-state index >= 15 is 0 Å². The first kappa shape index (κ1) is 13.9. The number of hydrogen-bond acceptors (Lipinski definition) is 3. The SMILES string of the molecule is O=[N+]([O-])c1ccccc1CSCc1ccc(Cl)cc1. The van der Waals surface area contributed by atoms with E-state index in [1.54, 1.807) is 23.9 Å². The number of halogens is 1. The summed E-state index contributed by atoms with van der Waals surface area (Å²) < 4.78 is 0. The molecule has 19 heavy (non-hydrogen) atoms. The number of rotatable bonds is 5. The molecule has 0 bridgehead atoms. The molecule has 0 atom stereocenters. The van der Waals surface area contributed by atoms with Gasteiger partial charge in [-0.2, -0.15) is 11.8 Å². The maximum absolute atomic E-state index is 10.9. The molecule has 0 amide bonds. The highest BCUT2D eigenvalue weighted by Gasteiger charge is 2.11. The summed E-state index contributed by atoms with van der Waals surface area (Å²) in [5.41, 5.74) is 2.10. The fourth-order valence-corrected chi connectivity index (χ4v) is 2.79. The molecule has 0 heterocycles. The fraction of sp³-hybridized carbons (Fsp3) is 0.143. The second-order valence-corrected chi connectivity index (χ2v) is 5.43. The van der Waals surface area contributed by atoms with Gasteiger partial charge in [0.2, 0.25) is 0 Å². The van der Waals surface area contributed by atoms with Crippen molar-refractivity contribution in [3.63, 3.8) is 0 Å². The number of hydrogen-bond donors (Lipinski definition) is 0. The minimum atomic E-state index is -0.335. The van der Waals surface area contributed by atoms with E-state index < -0.39 is 0 Å². The van der Waals surface area contributed by atoms with Gasteiger partial charge in [-0.1, -0.05) is 41.9 Å². The lowest BCUT2D eigenvalue weighted by Crippen LogP contribution is -1.93. The number of thioether (sulfide) groups is 1. The van der Waals surface area contributed by atoms with E-state index in [-0.39, 0.29) is 10.6 Å². The van der Waals surface area contributed by atoms with Gasteiger partial charge in [0.05, 0.1) is 4.92 Å². The fourth-order valence-electron chi connectivity index (χ4n) is 1.67. The van der Waals surface area contributed by atoms with Gasteiger partial charge < -0.3 is 0 Å². The van der Waals surface area contributed by atoms with Gasteiger partial charge in [0, 0.05) is 28.2 Å². The summed E-state index contributed by atoms with van der Waals surface area (Å²) in [6.07, 6.45) is 0. The van der Waals surface area contributed by atoms with Crippen LogP contribution in [0.1, 0.15) is 11.1 Å². The van der Waals surface area contributed by atoms with E-state index in [4.69, 9.17) is 11.6 Å². The predicted molar refractivity (Wildman–Crippen MR) is 79.5 cm³/mol. The molecule has 0 aliphatic carbocycles. The minimum Gasteiger partial charge on any atom is -0.258 e. The van der Waals surface area contributed by atoms with E-state index in [0.29, 0.717) is 10.8 Å². The molecule has 0 aliphatic heterocycles. The Bertz CT molecular complexity index is 572. The van der Waals surface area contributed by atoms with Crippen molar-refractivity contribution < 1.29 is 4.92 Å². The van der Waals surface area contributed by atoms with E-state index in [1.165, 1.54) is 6.07 Å². The highest BCUT2D eigenvalue weighted by Crippen LogP contribution is 2.25. The second-order valence-electron chi connectivity index (χ2n) is 4.01. The van der Waals surface area contributed by atoms with Gasteiger partial charge in [0.15, 0.2) is 0 Å². The highest BCUT2D eigenvalue weighted by atomic mass is 35.5. The van der Waals surface area contributed by atoms with Crippen molar-refractivity contribution in [3.05, 3.63) is 74.8 Å². The molecule has 3 nitrogen and oxygen atoms in total. The lowest BCUT2D eigenvalue weighted by atomic mass is 10.2. The predicted octanol–water partition coefficient (Wildman–Crippen LogP) is 4.68. The third kappa shape index (κ3) is 3.98. The largest absolute Gasteiger partial charge is 0.273 e. The summed E-state index contributed by atoms with van der Waals surface area (Å²) in [6, 6.07) is 14.5. The van der Waals surface area contributed by atoms with E-state index in [9.17, 15) is 10.1 Å². The summed E-state index contributed by atoms with van der Waals surface area (Å²) >= 11 is 7.46.